The molecule has 5 nitrogen and oxygen atoms in total. The minimum atomic E-state index is -0.916. The number of ether oxygens (including phenoxy) is 2. The van der Waals surface area contributed by atoms with E-state index >= 15 is 0 Å². The zero-order valence-electron chi connectivity index (χ0n) is 15.6. The number of nitrogens with one attached hydrogen (secondary N) is 1. The Labute approximate surface area is 167 Å². The molecule has 0 radical (unpaired) electrons. The maximum atomic E-state index is 13.5. The molecule has 1 aliphatic rings. The van der Waals surface area contributed by atoms with Crippen molar-refractivity contribution in [1.82, 2.24) is 4.90 Å². The molecule has 0 saturated carbocycles. The third-order valence-electron chi connectivity index (χ3n) is 4.59. The summed E-state index contributed by atoms with van der Waals surface area (Å²) in [6.45, 7) is 2.91. The van der Waals surface area contributed by atoms with Crippen LogP contribution in [0.5, 0.6) is 11.5 Å². The van der Waals surface area contributed by atoms with E-state index in [0.29, 0.717) is 41.0 Å². The Hall–Kier alpha value is -2.38. The maximum absolute atomic E-state index is 13.5. The molecular weight excluding hydrogens is 390 g/mol. The fourth-order valence-corrected chi connectivity index (χ4v) is 3.06. The number of benzene rings is 2. The first-order valence-electron chi connectivity index (χ1n) is 8.89. The van der Waals surface area contributed by atoms with Crippen molar-refractivity contribution in [2.45, 2.75) is 19.4 Å². The molecule has 0 saturated heterocycles. The zero-order chi connectivity index (χ0) is 20.3. The molecule has 1 amide bonds. The first-order valence-corrected chi connectivity index (χ1v) is 9.27. The summed E-state index contributed by atoms with van der Waals surface area (Å²) in [6, 6.07) is 6.67. The molecular formula is C20H21ClF2N2O3. The molecule has 0 aliphatic carbocycles. The Kier molecular flexibility index (Phi) is 6.36. The molecule has 0 fully saturated rings. The lowest BCUT2D eigenvalue weighted by Gasteiger charge is -2.24. The average molecular weight is 411 g/mol. The van der Waals surface area contributed by atoms with E-state index in [1.165, 1.54) is 6.07 Å². The Morgan fingerprint density at radius 1 is 1.18 bits per heavy atom. The van der Waals surface area contributed by atoms with E-state index in [-0.39, 0.29) is 18.5 Å². The van der Waals surface area contributed by atoms with Gasteiger partial charge in [0.1, 0.15) is 0 Å². The smallest absolute Gasteiger partial charge is 0.238 e. The summed E-state index contributed by atoms with van der Waals surface area (Å²) in [6.07, 6.45) is 0.765. The first-order chi connectivity index (χ1) is 13.3. The molecule has 3 rings (SSSR count). The van der Waals surface area contributed by atoms with E-state index in [9.17, 15) is 13.6 Å². The summed E-state index contributed by atoms with van der Waals surface area (Å²) in [7, 11) is 1.72. The van der Waals surface area contributed by atoms with E-state index in [2.05, 4.69) is 5.32 Å². The largest absolute Gasteiger partial charge is 0.490 e. The van der Waals surface area contributed by atoms with Gasteiger partial charge in [0.25, 0.3) is 0 Å². The molecule has 8 heteroatoms. The van der Waals surface area contributed by atoms with Gasteiger partial charge in [0, 0.05) is 24.6 Å². The van der Waals surface area contributed by atoms with Crippen molar-refractivity contribution < 1.29 is 23.0 Å². The fraction of sp³-hybridized carbons (Fsp3) is 0.350. The lowest BCUT2D eigenvalue weighted by atomic mass is 10.1. The summed E-state index contributed by atoms with van der Waals surface area (Å²) >= 11 is 6.24. The van der Waals surface area contributed by atoms with Crippen molar-refractivity contribution in [3.8, 4) is 11.5 Å². The second-order valence-corrected chi connectivity index (χ2v) is 7.05. The van der Waals surface area contributed by atoms with Crippen molar-refractivity contribution in [3.63, 3.8) is 0 Å². The van der Waals surface area contributed by atoms with Crippen LogP contribution in [0.25, 0.3) is 0 Å². The summed E-state index contributed by atoms with van der Waals surface area (Å²) in [5.41, 5.74) is 0.993. The summed E-state index contributed by atoms with van der Waals surface area (Å²) in [4.78, 5) is 14.2. The van der Waals surface area contributed by atoms with Gasteiger partial charge in [-0.05, 0) is 31.7 Å². The minimum Gasteiger partial charge on any atom is -0.490 e. The van der Waals surface area contributed by atoms with Gasteiger partial charge < -0.3 is 14.8 Å². The highest BCUT2D eigenvalue weighted by Gasteiger charge is 2.19. The van der Waals surface area contributed by atoms with Crippen LogP contribution in [0.1, 0.15) is 24.9 Å². The molecule has 0 aromatic heterocycles. The number of hydrogen-bond acceptors (Lipinski definition) is 4. The monoisotopic (exact) mass is 410 g/mol. The Balaban J connectivity index is 1.66. The molecule has 2 aromatic carbocycles. The normalized spacial score (nSPS) is 14.5. The van der Waals surface area contributed by atoms with Crippen molar-refractivity contribution in [1.29, 1.82) is 0 Å². The van der Waals surface area contributed by atoms with Crippen LogP contribution >= 0.6 is 11.6 Å². The van der Waals surface area contributed by atoms with Gasteiger partial charge in [-0.15, -0.1) is 0 Å². The van der Waals surface area contributed by atoms with Gasteiger partial charge in [0.05, 0.1) is 30.5 Å². The van der Waals surface area contributed by atoms with Crippen molar-refractivity contribution in [2.24, 2.45) is 0 Å². The molecule has 150 valence electrons. The molecule has 0 bridgehead atoms. The van der Waals surface area contributed by atoms with Gasteiger partial charge >= 0.3 is 0 Å². The van der Waals surface area contributed by atoms with Gasteiger partial charge in [-0.25, -0.2) is 8.78 Å². The van der Waals surface area contributed by atoms with Crippen LogP contribution < -0.4 is 14.8 Å². The van der Waals surface area contributed by atoms with Gasteiger partial charge in [-0.1, -0.05) is 17.7 Å². The van der Waals surface area contributed by atoms with Gasteiger partial charge in [-0.3, -0.25) is 9.69 Å². The third kappa shape index (κ3) is 4.72. The quantitative estimate of drug-likeness (QED) is 0.793. The predicted molar refractivity (Wildman–Crippen MR) is 103 cm³/mol. The average Bonchev–Trinajstić information content (AvgIpc) is 2.88. The molecule has 1 atom stereocenters. The first kappa shape index (κ1) is 20.4. The number of anilines is 1. The molecule has 1 unspecified atom stereocenters. The number of amides is 1. The van der Waals surface area contributed by atoms with Gasteiger partial charge in [0.15, 0.2) is 23.1 Å². The van der Waals surface area contributed by atoms with Crippen LogP contribution in [-0.4, -0.2) is 37.6 Å². The Morgan fingerprint density at radius 3 is 2.54 bits per heavy atom. The zero-order valence-corrected chi connectivity index (χ0v) is 16.4. The van der Waals surface area contributed by atoms with Crippen LogP contribution in [0.2, 0.25) is 5.02 Å². The molecule has 1 N–H and O–H groups in total. The van der Waals surface area contributed by atoms with E-state index in [1.807, 2.05) is 0 Å². The highest BCUT2D eigenvalue weighted by atomic mass is 35.5. The number of halogens is 3. The summed E-state index contributed by atoms with van der Waals surface area (Å²) in [5.74, 6) is -1.04. The second kappa shape index (κ2) is 8.75. The van der Waals surface area contributed by atoms with E-state index in [1.54, 1.807) is 31.0 Å². The molecule has 1 heterocycles. The van der Waals surface area contributed by atoms with Crippen LogP contribution in [0.4, 0.5) is 14.5 Å². The number of fused-ring (bicyclic) bond motifs is 1. The Morgan fingerprint density at radius 2 is 1.86 bits per heavy atom. The predicted octanol–water partition coefficient (Wildman–Crippen LogP) is 4.41. The standard InChI is InChI=1S/C20H21ClF2N2O3/c1-12(13-4-5-15(22)16(23)8-13)25(2)11-20(26)24-17-10-19-18(9-14(17)21)27-6-3-7-28-19/h4-5,8-10,12H,3,6-7,11H2,1-2H3,(H,24,26). The van der Waals surface area contributed by atoms with Crippen LogP contribution in [0, 0.1) is 11.6 Å². The lowest BCUT2D eigenvalue weighted by Crippen LogP contribution is -2.32. The van der Waals surface area contributed by atoms with Crippen LogP contribution in [-0.2, 0) is 4.79 Å². The molecule has 0 spiro atoms. The summed E-state index contributed by atoms with van der Waals surface area (Å²) < 4.78 is 37.7. The lowest BCUT2D eigenvalue weighted by molar-refractivity contribution is -0.117. The second-order valence-electron chi connectivity index (χ2n) is 6.64. The van der Waals surface area contributed by atoms with E-state index in [0.717, 1.165) is 18.6 Å². The maximum Gasteiger partial charge on any atom is 0.238 e. The number of likely N-dealkylation sites (N-methyl/N-ethyl adjacent to an activating group) is 1. The van der Waals surface area contributed by atoms with Crippen molar-refractivity contribution >= 4 is 23.2 Å². The molecule has 28 heavy (non-hydrogen) atoms. The van der Waals surface area contributed by atoms with Gasteiger partial charge in [-0.2, -0.15) is 0 Å². The number of carbonyl (C=O) groups excluding carboxylic acids is 1. The highest BCUT2D eigenvalue weighted by Crippen LogP contribution is 2.37. The van der Waals surface area contributed by atoms with E-state index < -0.39 is 11.6 Å². The molecule has 1 aliphatic heterocycles. The highest BCUT2D eigenvalue weighted by molar-refractivity contribution is 6.34. The van der Waals surface area contributed by atoms with Crippen molar-refractivity contribution in [3.05, 3.63) is 52.6 Å². The van der Waals surface area contributed by atoms with Gasteiger partial charge in [0.2, 0.25) is 5.91 Å². The van der Waals surface area contributed by atoms with Crippen LogP contribution in [0.15, 0.2) is 30.3 Å². The van der Waals surface area contributed by atoms with Crippen molar-refractivity contribution in [2.75, 3.05) is 32.1 Å². The Bertz CT molecular complexity index is 879. The third-order valence-corrected chi connectivity index (χ3v) is 4.90. The SMILES string of the molecule is CC(c1ccc(F)c(F)c1)N(C)CC(=O)Nc1cc2c(cc1Cl)OCCCO2. The number of hydrogen-bond donors (Lipinski definition) is 1. The minimum absolute atomic E-state index is 0.0327. The number of nitrogens with zero attached hydrogens (tertiary/aromatic N) is 1. The molecule has 2 aromatic rings. The topological polar surface area (TPSA) is 50.8 Å². The van der Waals surface area contributed by atoms with E-state index in [4.69, 9.17) is 21.1 Å². The number of rotatable bonds is 5. The van der Waals surface area contributed by atoms with Crippen LogP contribution in [0.3, 0.4) is 0 Å². The summed E-state index contributed by atoms with van der Waals surface area (Å²) in [5, 5.41) is 3.10. The fourth-order valence-electron chi connectivity index (χ4n) is 2.86. The number of carbonyl (C=O) groups is 1.